The third-order valence-electron chi connectivity index (χ3n) is 5.16. The van der Waals surface area contributed by atoms with Crippen LogP contribution in [0, 0.1) is 17.0 Å². The van der Waals surface area contributed by atoms with Gasteiger partial charge in [0, 0.05) is 23.2 Å². The lowest BCUT2D eigenvalue weighted by Crippen LogP contribution is -2.39. The van der Waals surface area contributed by atoms with E-state index < -0.39 is 31.6 Å². The molecule has 190 valence electrons. The normalized spacial score (nSPS) is 11.1. The summed E-state index contributed by atoms with van der Waals surface area (Å²) in [5.74, 6) is 0.161. The number of hydrogen-bond acceptors (Lipinski definition) is 6. The lowest BCUT2D eigenvalue weighted by atomic mass is 10.0. The first-order valence-electron chi connectivity index (χ1n) is 11.2. The van der Waals surface area contributed by atoms with Crippen LogP contribution in [-0.2, 0) is 10.0 Å². The van der Waals surface area contributed by atoms with E-state index in [1.165, 1.54) is 6.07 Å². The molecule has 36 heavy (non-hydrogen) atoms. The second-order valence-electron chi connectivity index (χ2n) is 8.10. The number of ether oxygens (including phenoxy) is 1. The van der Waals surface area contributed by atoms with E-state index in [2.05, 4.69) is 21.2 Å². The van der Waals surface area contributed by atoms with Gasteiger partial charge in [-0.25, -0.2) is 17.9 Å². The number of rotatable bonds is 10. The van der Waals surface area contributed by atoms with Gasteiger partial charge in [0.2, 0.25) is 0 Å². The van der Waals surface area contributed by atoms with Gasteiger partial charge in [-0.2, -0.15) is 0 Å². The van der Waals surface area contributed by atoms with E-state index in [0.717, 1.165) is 46.1 Å². The highest BCUT2D eigenvalue weighted by Gasteiger charge is 2.26. The summed E-state index contributed by atoms with van der Waals surface area (Å²) < 4.78 is 34.7. The molecule has 11 heteroatoms. The monoisotopic (exact) mass is 575 g/mol. The molecule has 2 N–H and O–H groups in total. The number of nitrogens with zero attached hydrogens (tertiary/aromatic N) is 1. The minimum Gasteiger partial charge on any atom is -0.456 e. The summed E-state index contributed by atoms with van der Waals surface area (Å²) in [5, 5.41) is 13.8. The lowest BCUT2D eigenvalue weighted by molar-refractivity contribution is -0.385. The Kier molecular flexibility index (Phi) is 9.05. The number of unbranched alkanes of at least 4 members (excludes halogenated alkanes) is 2. The van der Waals surface area contributed by atoms with Gasteiger partial charge in [0.1, 0.15) is 16.4 Å². The average molecular weight is 576 g/mol. The van der Waals surface area contributed by atoms with Crippen LogP contribution in [0.1, 0.15) is 31.7 Å². The fourth-order valence-corrected chi connectivity index (χ4v) is 5.15. The largest absolute Gasteiger partial charge is 0.456 e. The molecule has 2 amide bonds. The first-order valence-corrected chi connectivity index (χ1v) is 13.5. The van der Waals surface area contributed by atoms with E-state index in [0.29, 0.717) is 18.7 Å². The minimum absolute atomic E-state index is 0.158. The minimum atomic E-state index is -4.48. The van der Waals surface area contributed by atoms with E-state index in [1.807, 2.05) is 42.8 Å². The molecule has 0 bridgehead atoms. The average Bonchev–Trinajstić information content (AvgIpc) is 2.81. The second-order valence-corrected chi connectivity index (χ2v) is 10.7. The van der Waals surface area contributed by atoms with E-state index in [9.17, 15) is 23.3 Å². The van der Waals surface area contributed by atoms with Crippen molar-refractivity contribution in [1.29, 1.82) is 0 Å². The summed E-state index contributed by atoms with van der Waals surface area (Å²) >= 11 is 3.48. The van der Waals surface area contributed by atoms with Gasteiger partial charge in [-0.1, -0.05) is 53.9 Å². The molecule has 3 rings (SSSR count). The molecule has 0 heterocycles. The quantitative estimate of drug-likeness (QED) is 0.166. The first-order chi connectivity index (χ1) is 17.1. The molecule has 0 unspecified atom stereocenters. The van der Waals surface area contributed by atoms with Crippen molar-refractivity contribution in [3.8, 4) is 22.6 Å². The van der Waals surface area contributed by atoms with Crippen LogP contribution in [0.3, 0.4) is 0 Å². The highest BCUT2D eigenvalue weighted by Crippen LogP contribution is 2.34. The first kappa shape index (κ1) is 27.2. The van der Waals surface area contributed by atoms with E-state index in [-0.39, 0.29) is 5.75 Å². The Bertz CT molecular complexity index is 1360. The van der Waals surface area contributed by atoms with Crippen LogP contribution in [0.15, 0.2) is 70.0 Å². The maximum Gasteiger partial charge on any atom is 0.328 e. The smallest absolute Gasteiger partial charge is 0.328 e. The Morgan fingerprint density at radius 3 is 2.53 bits per heavy atom. The van der Waals surface area contributed by atoms with E-state index in [1.54, 1.807) is 18.2 Å². The van der Waals surface area contributed by atoms with Gasteiger partial charge < -0.3 is 10.1 Å². The van der Waals surface area contributed by atoms with Gasteiger partial charge in [-0.05, 0) is 60.4 Å². The Morgan fingerprint density at radius 1 is 1.06 bits per heavy atom. The van der Waals surface area contributed by atoms with Gasteiger partial charge in [-0.15, -0.1) is 0 Å². The summed E-state index contributed by atoms with van der Waals surface area (Å²) in [6, 6.07) is 15.2. The van der Waals surface area contributed by atoms with Crippen molar-refractivity contribution in [3.05, 3.63) is 80.8 Å². The van der Waals surface area contributed by atoms with Crippen molar-refractivity contribution in [2.24, 2.45) is 0 Å². The number of nitro groups is 1. The zero-order chi connectivity index (χ0) is 26.3. The number of non-ortho nitro benzene ring substituents is 1. The van der Waals surface area contributed by atoms with Crippen molar-refractivity contribution in [1.82, 2.24) is 10.0 Å². The SMILES string of the molecule is CCCCCNC(=O)NS(=O)(=O)c1cc([N+](=O)[O-])ccc1Oc1cccc(-c2cc(C)cc(Br)c2)c1. The number of aryl methyl sites for hydroxylation is 1. The highest BCUT2D eigenvalue weighted by atomic mass is 79.9. The molecule has 0 radical (unpaired) electrons. The number of hydrogen-bond donors (Lipinski definition) is 2. The number of benzene rings is 3. The maximum atomic E-state index is 13.0. The van der Waals surface area contributed by atoms with Crippen LogP contribution >= 0.6 is 15.9 Å². The van der Waals surface area contributed by atoms with Crippen molar-refractivity contribution >= 4 is 37.7 Å². The Labute approximate surface area is 218 Å². The Hall–Kier alpha value is -3.44. The fraction of sp³-hybridized carbons (Fsp3) is 0.240. The van der Waals surface area contributed by atoms with E-state index >= 15 is 0 Å². The molecule has 3 aromatic rings. The number of carbonyl (C=O) groups is 1. The van der Waals surface area contributed by atoms with Gasteiger partial charge in [0.25, 0.3) is 15.7 Å². The zero-order valence-corrected chi connectivity index (χ0v) is 22.2. The molecule has 0 aromatic heterocycles. The summed E-state index contributed by atoms with van der Waals surface area (Å²) in [6.07, 6.45) is 2.52. The molecular formula is C25H26BrN3O6S. The summed E-state index contributed by atoms with van der Waals surface area (Å²) in [4.78, 5) is 22.2. The predicted octanol–water partition coefficient (Wildman–Crippen LogP) is 6.30. The van der Waals surface area contributed by atoms with Crippen LogP contribution < -0.4 is 14.8 Å². The number of carbonyl (C=O) groups excluding carboxylic acids is 1. The maximum absolute atomic E-state index is 13.0. The highest BCUT2D eigenvalue weighted by molar-refractivity contribution is 9.10. The summed E-state index contributed by atoms with van der Waals surface area (Å²) in [5.41, 5.74) is 2.34. The predicted molar refractivity (Wildman–Crippen MR) is 141 cm³/mol. The van der Waals surface area contributed by atoms with Gasteiger partial charge in [0.15, 0.2) is 0 Å². The molecule has 0 saturated carbocycles. The number of halogens is 1. The number of sulfonamides is 1. The van der Waals surface area contributed by atoms with Gasteiger partial charge >= 0.3 is 6.03 Å². The molecular weight excluding hydrogens is 550 g/mol. The van der Waals surface area contributed by atoms with Gasteiger partial charge in [-0.3, -0.25) is 10.1 Å². The summed E-state index contributed by atoms with van der Waals surface area (Å²) in [6.45, 7) is 4.27. The van der Waals surface area contributed by atoms with Crippen LogP contribution in [0.2, 0.25) is 0 Å². The molecule has 0 fully saturated rings. The third kappa shape index (κ3) is 7.28. The number of nitrogens with one attached hydrogen (secondary N) is 2. The molecule has 0 aliphatic carbocycles. The van der Waals surface area contributed by atoms with Crippen LogP contribution in [0.25, 0.3) is 11.1 Å². The summed E-state index contributed by atoms with van der Waals surface area (Å²) in [7, 11) is -4.48. The molecule has 0 saturated heterocycles. The molecule has 9 nitrogen and oxygen atoms in total. The Balaban J connectivity index is 1.92. The van der Waals surface area contributed by atoms with Crippen LogP contribution in [0.5, 0.6) is 11.5 Å². The van der Waals surface area contributed by atoms with Crippen LogP contribution in [0.4, 0.5) is 10.5 Å². The Morgan fingerprint density at radius 2 is 1.83 bits per heavy atom. The van der Waals surface area contributed by atoms with Crippen molar-refractivity contribution in [3.63, 3.8) is 0 Å². The molecule has 0 aliphatic heterocycles. The number of nitro benzene ring substituents is 1. The number of amides is 2. The molecule has 0 spiro atoms. The molecule has 3 aromatic carbocycles. The van der Waals surface area contributed by atoms with Gasteiger partial charge in [0.05, 0.1) is 4.92 Å². The fourth-order valence-electron chi connectivity index (χ4n) is 3.46. The second kappa shape index (κ2) is 12.0. The number of urea groups is 1. The molecule has 0 aliphatic rings. The topological polar surface area (TPSA) is 128 Å². The van der Waals surface area contributed by atoms with Crippen molar-refractivity contribution in [2.45, 2.75) is 38.0 Å². The van der Waals surface area contributed by atoms with Crippen molar-refractivity contribution in [2.75, 3.05) is 6.54 Å². The van der Waals surface area contributed by atoms with Crippen LogP contribution in [-0.4, -0.2) is 25.9 Å². The molecule has 0 atom stereocenters. The zero-order valence-electron chi connectivity index (χ0n) is 19.8. The third-order valence-corrected chi connectivity index (χ3v) is 6.97. The standard InChI is InChI=1S/C25H26BrN3O6S/c1-3-4-5-11-27-25(30)28-36(33,34)24-16-21(29(31)32)9-10-23(24)35-22-8-6-7-18(15-22)19-12-17(2)13-20(26)14-19/h6-10,12-16H,3-5,11H2,1-2H3,(H2,27,28,30). The van der Waals surface area contributed by atoms with E-state index in [4.69, 9.17) is 4.74 Å². The van der Waals surface area contributed by atoms with Crippen molar-refractivity contribution < 1.29 is 22.9 Å². The lowest BCUT2D eigenvalue weighted by Gasteiger charge is -2.14.